The van der Waals surface area contributed by atoms with Gasteiger partial charge < -0.3 is 54.8 Å². The van der Waals surface area contributed by atoms with Crippen molar-refractivity contribution >= 4 is 41.5 Å². The number of hydrogen-bond acceptors (Lipinski definition) is 9. The molecule has 0 aliphatic rings. The number of carboxylic acid groups (broad SMARTS) is 1. The van der Waals surface area contributed by atoms with Crippen LogP contribution in [0.3, 0.4) is 0 Å². The van der Waals surface area contributed by atoms with Crippen LogP contribution in [-0.4, -0.2) is 88.5 Å². The molecule has 0 fully saturated rings. The van der Waals surface area contributed by atoms with E-state index in [0.29, 0.717) is 0 Å². The maximum Gasteiger partial charge on any atom is 0.326 e. The highest BCUT2D eigenvalue weighted by Crippen LogP contribution is 2.03. The Hall–Kier alpha value is -3.99. The van der Waals surface area contributed by atoms with E-state index in [2.05, 4.69) is 20.9 Å². The Morgan fingerprint density at radius 2 is 1.37 bits per heavy atom. The van der Waals surface area contributed by atoms with E-state index in [9.17, 15) is 39.0 Å². The summed E-state index contributed by atoms with van der Waals surface area (Å²) in [6.07, 6.45) is -2.65. The van der Waals surface area contributed by atoms with Crippen LogP contribution in [0.1, 0.15) is 32.6 Å². The number of nitrogens with two attached hydrogens (primary N) is 5. The highest BCUT2D eigenvalue weighted by atomic mass is 16.4. The third-order valence-electron chi connectivity index (χ3n) is 4.42. The third kappa shape index (κ3) is 12.7. The third-order valence-corrected chi connectivity index (χ3v) is 4.42. The molecule has 0 rings (SSSR count). The Morgan fingerprint density at radius 1 is 0.829 bits per heavy atom. The molecule has 5 unspecified atom stereocenters. The standard InChI is InChI=1S/C18H33N9O8/c1-7(28)13(16(33)25-9(17(34)35)3-2-4-24-18(22)23)27-15(32)10(6-12(21)30)26-14(31)8(19)5-11(20)29/h7-10,13,28H,2-6,19H2,1H3,(H2,20,29)(H2,21,30)(H,25,33)(H,26,31)(H,27,32)(H,34,35)(H4,22,23,24). The Bertz CT molecular complexity index is 829. The second kappa shape index (κ2) is 15.0. The summed E-state index contributed by atoms with van der Waals surface area (Å²) in [5.74, 6) is -6.64. The molecule has 0 aromatic carbocycles. The second-order valence-electron chi connectivity index (χ2n) is 7.58. The van der Waals surface area contributed by atoms with Crippen LogP contribution >= 0.6 is 0 Å². The molecule has 15 N–H and O–H groups in total. The molecule has 35 heavy (non-hydrogen) atoms. The number of carboxylic acids is 1. The predicted octanol–water partition coefficient (Wildman–Crippen LogP) is -5.96. The summed E-state index contributed by atoms with van der Waals surface area (Å²) in [6, 6.07) is -6.12. The lowest BCUT2D eigenvalue weighted by Gasteiger charge is -2.26. The van der Waals surface area contributed by atoms with Gasteiger partial charge in [0.1, 0.15) is 18.1 Å². The van der Waals surface area contributed by atoms with Gasteiger partial charge in [-0.25, -0.2) is 4.79 Å². The Labute approximate surface area is 200 Å². The summed E-state index contributed by atoms with van der Waals surface area (Å²) in [5.41, 5.74) is 25.9. The van der Waals surface area contributed by atoms with Crippen LogP contribution in [0.5, 0.6) is 0 Å². The van der Waals surface area contributed by atoms with E-state index < -0.39 is 78.6 Å². The van der Waals surface area contributed by atoms with Crippen LogP contribution in [0, 0.1) is 0 Å². The van der Waals surface area contributed by atoms with E-state index in [1.807, 2.05) is 0 Å². The number of aliphatic imine (C=N–C) groups is 1. The minimum Gasteiger partial charge on any atom is -0.480 e. The van der Waals surface area contributed by atoms with Gasteiger partial charge in [-0.3, -0.25) is 29.0 Å². The number of aliphatic hydroxyl groups excluding tert-OH is 1. The van der Waals surface area contributed by atoms with Crippen LogP contribution in [0.4, 0.5) is 0 Å². The molecular weight excluding hydrogens is 470 g/mol. The zero-order valence-corrected chi connectivity index (χ0v) is 19.1. The fourth-order valence-electron chi connectivity index (χ4n) is 2.68. The Kier molecular flexibility index (Phi) is 13.3. The first-order valence-corrected chi connectivity index (χ1v) is 10.3. The van der Waals surface area contributed by atoms with Gasteiger partial charge in [0, 0.05) is 6.54 Å². The molecule has 0 spiro atoms. The van der Waals surface area contributed by atoms with Gasteiger partial charge in [0.2, 0.25) is 29.5 Å². The number of rotatable bonds is 16. The van der Waals surface area contributed by atoms with Crippen molar-refractivity contribution in [2.45, 2.75) is 62.9 Å². The van der Waals surface area contributed by atoms with Crippen LogP contribution in [0.2, 0.25) is 0 Å². The molecule has 0 aromatic rings. The summed E-state index contributed by atoms with van der Waals surface area (Å²) in [6.45, 7) is 1.24. The zero-order chi connectivity index (χ0) is 27.3. The van der Waals surface area contributed by atoms with Crippen molar-refractivity contribution in [3.05, 3.63) is 0 Å². The largest absolute Gasteiger partial charge is 0.480 e. The van der Waals surface area contributed by atoms with Crippen LogP contribution in [-0.2, 0) is 28.8 Å². The fraction of sp³-hybridized carbons (Fsp3) is 0.611. The molecule has 0 radical (unpaired) electrons. The second-order valence-corrected chi connectivity index (χ2v) is 7.58. The maximum absolute atomic E-state index is 12.7. The van der Waals surface area contributed by atoms with Crippen molar-refractivity contribution in [3.63, 3.8) is 0 Å². The average molecular weight is 504 g/mol. The van der Waals surface area contributed by atoms with Gasteiger partial charge in [0.05, 0.1) is 25.0 Å². The Morgan fingerprint density at radius 3 is 1.83 bits per heavy atom. The lowest BCUT2D eigenvalue weighted by molar-refractivity contribution is -0.143. The summed E-state index contributed by atoms with van der Waals surface area (Å²) in [4.78, 5) is 74.8. The van der Waals surface area contributed by atoms with Crippen molar-refractivity contribution in [1.29, 1.82) is 0 Å². The first kappa shape index (κ1) is 31.0. The fourth-order valence-corrected chi connectivity index (χ4v) is 2.68. The normalized spacial score (nSPS) is 14.8. The highest BCUT2D eigenvalue weighted by molar-refractivity contribution is 5.97. The molecule has 5 amide bonds. The van der Waals surface area contributed by atoms with Crippen LogP contribution in [0.25, 0.3) is 0 Å². The minimum atomic E-state index is -1.67. The molecule has 0 aliphatic heterocycles. The summed E-state index contributed by atoms with van der Waals surface area (Å²) < 4.78 is 0. The molecule has 0 aromatic heterocycles. The number of carbonyl (C=O) groups excluding carboxylic acids is 5. The van der Waals surface area contributed by atoms with E-state index in [1.54, 1.807) is 0 Å². The molecule has 17 heteroatoms. The molecule has 198 valence electrons. The van der Waals surface area contributed by atoms with Gasteiger partial charge in [-0.15, -0.1) is 0 Å². The van der Waals surface area contributed by atoms with Crippen molar-refractivity contribution in [3.8, 4) is 0 Å². The Balaban J connectivity index is 5.40. The number of nitrogens with one attached hydrogen (secondary N) is 3. The average Bonchev–Trinajstić information content (AvgIpc) is 2.71. The minimum absolute atomic E-state index is 0.0730. The van der Waals surface area contributed by atoms with Gasteiger partial charge in [-0.05, 0) is 19.8 Å². The lowest BCUT2D eigenvalue weighted by atomic mass is 10.1. The first-order chi connectivity index (χ1) is 16.1. The van der Waals surface area contributed by atoms with E-state index >= 15 is 0 Å². The number of guanidine groups is 1. The van der Waals surface area contributed by atoms with Crippen molar-refractivity contribution < 1.29 is 39.0 Å². The van der Waals surface area contributed by atoms with Crippen molar-refractivity contribution in [2.75, 3.05) is 6.54 Å². The number of aliphatic hydroxyl groups is 1. The monoisotopic (exact) mass is 503 g/mol. The number of nitrogens with zero attached hydrogens (tertiary/aromatic N) is 1. The van der Waals surface area contributed by atoms with E-state index in [4.69, 9.17) is 28.7 Å². The maximum atomic E-state index is 12.7. The van der Waals surface area contributed by atoms with Gasteiger partial charge >= 0.3 is 5.97 Å². The first-order valence-electron chi connectivity index (χ1n) is 10.3. The van der Waals surface area contributed by atoms with Crippen molar-refractivity contribution in [2.24, 2.45) is 33.7 Å². The molecule has 0 aliphatic carbocycles. The quantitative estimate of drug-likeness (QED) is 0.0536. The summed E-state index contributed by atoms with van der Waals surface area (Å²) in [7, 11) is 0. The molecule has 17 nitrogen and oxygen atoms in total. The lowest BCUT2D eigenvalue weighted by Crippen LogP contribution is -2.60. The molecule has 0 heterocycles. The van der Waals surface area contributed by atoms with E-state index in [1.165, 1.54) is 0 Å². The number of carbonyl (C=O) groups is 6. The van der Waals surface area contributed by atoms with Crippen molar-refractivity contribution in [1.82, 2.24) is 16.0 Å². The number of hydrogen-bond donors (Lipinski definition) is 10. The topological polar surface area (TPSA) is 321 Å². The molecule has 0 saturated carbocycles. The molecule has 0 saturated heterocycles. The molecular formula is C18H33N9O8. The number of primary amides is 2. The SMILES string of the molecule is CC(O)C(NC(=O)C(CC(N)=O)NC(=O)C(N)CC(N)=O)C(=O)NC(CCCN=C(N)N)C(=O)O. The summed E-state index contributed by atoms with van der Waals surface area (Å²) >= 11 is 0. The van der Waals surface area contributed by atoms with Crippen LogP contribution in [0.15, 0.2) is 4.99 Å². The summed E-state index contributed by atoms with van der Waals surface area (Å²) in [5, 5.41) is 25.7. The van der Waals surface area contributed by atoms with E-state index in [0.717, 1.165) is 6.92 Å². The number of amides is 5. The van der Waals surface area contributed by atoms with Gasteiger partial charge in [0.25, 0.3) is 0 Å². The van der Waals surface area contributed by atoms with Gasteiger partial charge in [0.15, 0.2) is 5.96 Å². The van der Waals surface area contributed by atoms with E-state index in [-0.39, 0.29) is 25.3 Å². The van der Waals surface area contributed by atoms with Gasteiger partial charge in [-0.2, -0.15) is 0 Å². The predicted molar refractivity (Wildman–Crippen MR) is 121 cm³/mol. The van der Waals surface area contributed by atoms with Gasteiger partial charge in [-0.1, -0.05) is 0 Å². The number of aliphatic carboxylic acids is 1. The zero-order valence-electron chi connectivity index (χ0n) is 19.1. The van der Waals surface area contributed by atoms with Crippen LogP contribution < -0.4 is 44.6 Å². The molecule has 0 bridgehead atoms. The smallest absolute Gasteiger partial charge is 0.326 e. The molecule has 5 atom stereocenters. The highest BCUT2D eigenvalue weighted by Gasteiger charge is 2.33.